The van der Waals surface area contributed by atoms with Crippen LogP contribution in [0.2, 0.25) is 0 Å². The minimum atomic E-state index is -4.23. The average molecular weight is 590 g/mol. The first-order chi connectivity index (χ1) is 16.0. The molecule has 0 aliphatic heterocycles. The number of hydrogen-bond acceptors (Lipinski definition) is 9. The molecule has 0 heterocycles. The van der Waals surface area contributed by atoms with E-state index in [2.05, 4.69) is 15.9 Å². The molecular formula is C23H46BrN2O8P. The Hall–Kier alpha value is -0.550. The molecule has 0 aromatic heterocycles. The fourth-order valence-electron chi connectivity index (χ4n) is 3.63. The van der Waals surface area contributed by atoms with Gasteiger partial charge in [0.05, 0.1) is 18.6 Å². The van der Waals surface area contributed by atoms with E-state index in [1.165, 1.54) is 0 Å². The molecule has 10 nitrogen and oxygen atoms in total. The minimum Gasteiger partial charge on any atom is -0.463 e. The number of rotatable bonds is 18. The van der Waals surface area contributed by atoms with Crippen molar-refractivity contribution in [2.75, 3.05) is 67.7 Å². The highest BCUT2D eigenvalue weighted by atomic mass is 79.9. The number of likely N-dealkylation sites (N-methyl/N-ethyl adjacent to an activating group) is 2. The van der Waals surface area contributed by atoms with Gasteiger partial charge in [0.25, 0.3) is 0 Å². The first-order valence-electron chi connectivity index (χ1n) is 11.9. The number of esters is 2. The lowest BCUT2D eigenvalue weighted by Crippen LogP contribution is -2.49. The Morgan fingerprint density at radius 3 is 1.80 bits per heavy atom. The highest BCUT2D eigenvalue weighted by Gasteiger charge is 2.53. The summed E-state index contributed by atoms with van der Waals surface area (Å²) in [5.74, 6) is -0.842. The first-order valence-corrected chi connectivity index (χ1v) is 14.2. The topological polar surface area (TPSA) is 115 Å². The Morgan fingerprint density at radius 2 is 1.31 bits per heavy atom. The summed E-state index contributed by atoms with van der Waals surface area (Å²) in [6, 6.07) is 0. The van der Waals surface area contributed by atoms with Crippen LogP contribution in [-0.2, 0) is 32.7 Å². The maximum atomic E-state index is 13.2. The third-order valence-corrected chi connectivity index (χ3v) is 8.18. The maximum Gasteiger partial charge on any atom is 0.472 e. The number of halogens is 1. The van der Waals surface area contributed by atoms with Crippen LogP contribution >= 0.6 is 23.8 Å². The molecule has 0 spiro atoms. The van der Waals surface area contributed by atoms with E-state index in [9.17, 15) is 19.0 Å². The SMILES string of the molecule is CCC(C)(CC(C)(Br)C(=O)OCCN(C)C)C(C)(CC)C(=O)OCCOP(=O)(O)OCCN(C)C. The first kappa shape index (κ1) is 34.5. The summed E-state index contributed by atoms with van der Waals surface area (Å²) in [4.78, 5) is 39.4. The smallest absolute Gasteiger partial charge is 0.463 e. The van der Waals surface area contributed by atoms with E-state index in [4.69, 9.17) is 18.5 Å². The van der Waals surface area contributed by atoms with Crippen LogP contribution in [0, 0.1) is 10.8 Å². The van der Waals surface area contributed by atoms with Crippen LogP contribution in [0.15, 0.2) is 0 Å². The quantitative estimate of drug-likeness (QED) is 0.110. The second-order valence-electron chi connectivity index (χ2n) is 9.99. The van der Waals surface area contributed by atoms with E-state index in [0.29, 0.717) is 32.4 Å². The molecule has 0 aromatic carbocycles. The number of carbonyl (C=O) groups is 2. The fraction of sp³-hybridized carbons (Fsp3) is 0.913. The molecule has 35 heavy (non-hydrogen) atoms. The monoisotopic (exact) mass is 588 g/mol. The summed E-state index contributed by atoms with van der Waals surface area (Å²) >= 11 is 3.54. The van der Waals surface area contributed by atoms with Gasteiger partial charge in [0.2, 0.25) is 0 Å². The van der Waals surface area contributed by atoms with Crippen LogP contribution < -0.4 is 0 Å². The van der Waals surface area contributed by atoms with Crippen LogP contribution in [0.1, 0.15) is 53.9 Å². The predicted octanol–water partition coefficient (Wildman–Crippen LogP) is 3.71. The van der Waals surface area contributed by atoms with Gasteiger partial charge in [-0.05, 0) is 66.7 Å². The average Bonchev–Trinajstić information content (AvgIpc) is 2.74. The van der Waals surface area contributed by atoms with Gasteiger partial charge in [-0.3, -0.25) is 18.6 Å². The molecule has 0 radical (unpaired) electrons. The van der Waals surface area contributed by atoms with Crippen molar-refractivity contribution < 1.29 is 37.6 Å². The Balaban J connectivity index is 5.14. The summed E-state index contributed by atoms with van der Waals surface area (Å²) in [5.41, 5.74) is -1.54. The van der Waals surface area contributed by atoms with Crippen molar-refractivity contribution >= 4 is 35.7 Å². The van der Waals surface area contributed by atoms with Crippen LogP contribution in [0.3, 0.4) is 0 Å². The van der Waals surface area contributed by atoms with Gasteiger partial charge >= 0.3 is 19.8 Å². The number of hydrogen-bond donors (Lipinski definition) is 1. The van der Waals surface area contributed by atoms with Crippen molar-refractivity contribution in [3.8, 4) is 0 Å². The van der Waals surface area contributed by atoms with Crippen molar-refractivity contribution in [3.05, 3.63) is 0 Å². The third kappa shape index (κ3) is 11.6. The lowest BCUT2D eigenvalue weighted by Gasteiger charge is -2.46. The molecule has 4 unspecified atom stereocenters. The molecule has 0 aromatic rings. The Bertz CT molecular complexity index is 722. The summed E-state index contributed by atoms with van der Waals surface area (Å²) in [7, 11) is 3.20. The van der Waals surface area contributed by atoms with Gasteiger partial charge < -0.3 is 24.2 Å². The van der Waals surface area contributed by atoms with Gasteiger partial charge in [0.15, 0.2) is 0 Å². The molecule has 0 aliphatic carbocycles. The second-order valence-corrected chi connectivity index (χ2v) is 13.2. The van der Waals surface area contributed by atoms with E-state index in [0.717, 1.165) is 0 Å². The molecule has 0 amide bonds. The van der Waals surface area contributed by atoms with Crippen LogP contribution in [0.25, 0.3) is 0 Å². The standard InChI is InChI=1S/C23H46BrN2O8P/c1-10-21(3,18-23(5,24)20(28)31-14-12-25(6)7)22(4,11-2)19(27)32-16-17-34-35(29,30)33-15-13-26(8)9/h10-18H2,1-9H3,(H,29,30). The van der Waals surface area contributed by atoms with Gasteiger partial charge in [0.1, 0.15) is 17.5 Å². The van der Waals surface area contributed by atoms with E-state index in [1.807, 2.05) is 60.8 Å². The van der Waals surface area contributed by atoms with E-state index in [1.54, 1.807) is 11.8 Å². The number of alkyl halides is 1. The van der Waals surface area contributed by atoms with Gasteiger partial charge in [-0.1, -0.05) is 36.7 Å². The van der Waals surface area contributed by atoms with Crippen molar-refractivity contribution in [3.63, 3.8) is 0 Å². The zero-order valence-corrected chi connectivity index (χ0v) is 25.4. The zero-order valence-electron chi connectivity index (χ0n) is 22.9. The lowest BCUT2D eigenvalue weighted by atomic mass is 9.59. The number of ether oxygens (including phenoxy) is 2. The molecule has 208 valence electrons. The van der Waals surface area contributed by atoms with Crippen molar-refractivity contribution in [2.45, 2.75) is 58.2 Å². The van der Waals surface area contributed by atoms with E-state index < -0.39 is 28.9 Å². The number of phosphoric acid groups is 1. The lowest BCUT2D eigenvalue weighted by molar-refractivity contribution is -0.167. The number of nitrogens with zero attached hydrogens (tertiary/aromatic N) is 2. The highest BCUT2D eigenvalue weighted by Crippen LogP contribution is 2.52. The normalized spacial score (nSPS) is 18.9. The molecule has 1 N–H and O–H groups in total. The number of phosphoric ester groups is 1. The Labute approximate surface area is 219 Å². The van der Waals surface area contributed by atoms with Crippen LogP contribution in [-0.4, -0.2) is 98.7 Å². The molecule has 0 rings (SSSR count). The molecular weight excluding hydrogens is 543 g/mol. The van der Waals surface area contributed by atoms with Crippen LogP contribution in [0.4, 0.5) is 0 Å². The molecule has 0 saturated carbocycles. The largest absolute Gasteiger partial charge is 0.472 e. The number of carbonyl (C=O) groups excluding carboxylic acids is 2. The zero-order chi connectivity index (χ0) is 27.5. The summed E-state index contributed by atoms with van der Waals surface area (Å²) in [6.07, 6.45) is 1.43. The maximum absolute atomic E-state index is 13.2. The van der Waals surface area contributed by atoms with Gasteiger partial charge in [-0.2, -0.15) is 0 Å². The molecule has 4 atom stereocenters. The molecule has 0 bridgehead atoms. The second kappa shape index (κ2) is 15.0. The van der Waals surface area contributed by atoms with Crippen LogP contribution in [0.5, 0.6) is 0 Å². The van der Waals surface area contributed by atoms with Crippen molar-refractivity contribution in [2.24, 2.45) is 10.8 Å². The highest BCUT2D eigenvalue weighted by molar-refractivity contribution is 9.10. The Kier molecular flexibility index (Phi) is 14.8. The van der Waals surface area contributed by atoms with Gasteiger partial charge in [-0.25, -0.2) is 4.57 Å². The van der Waals surface area contributed by atoms with Gasteiger partial charge in [0, 0.05) is 13.1 Å². The summed E-state index contributed by atoms with van der Waals surface area (Å²) in [5, 5.41) is 0. The molecule has 12 heteroatoms. The third-order valence-electron chi connectivity index (χ3n) is 6.55. The van der Waals surface area contributed by atoms with Crippen molar-refractivity contribution in [1.29, 1.82) is 0 Å². The predicted molar refractivity (Wildman–Crippen MR) is 140 cm³/mol. The summed E-state index contributed by atoms with van der Waals surface area (Å²) in [6.45, 7) is 10.3. The molecule has 0 aliphatic rings. The summed E-state index contributed by atoms with van der Waals surface area (Å²) < 4.78 is 31.6. The molecule has 0 saturated heterocycles. The molecule has 0 fully saturated rings. The van der Waals surface area contributed by atoms with E-state index >= 15 is 0 Å². The fourth-order valence-corrected chi connectivity index (χ4v) is 5.05. The Morgan fingerprint density at radius 1 is 0.829 bits per heavy atom. The van der Waals surface area contributed by atoms with E-state index in [-0.39, 0.29) is 32.4 Å². The van der Waals surface area contributed by atoms with Crippen molar-refractivity contribution in [1.82, 2.24) is 9.80 Å². The van der Waals surface area contributed by atoms with Gasteiger partial charge in [-0.15, -0.1) is 0 Å². The minimum absolute atomic E-state index is 0.0339.